The van der Waals surface area contributed by atoms with Crippen LogP contribution in [-0.4, -0.2) is 7.11 Å². The van der Waals surface area contributed by atoms with Crippen LogP contribution in [0, 0.1) is 20.8 Å². The van der Waals surface area contributed by atoms with Crippen LogP contribution in [0.25, 0.3) is 0 Å². The van der Waals surface area contributed by atoms with E-state index in [1.807, 2.05) is 12.1 Å². The maximum Gasteiger partial charge on any atom is 0.123 e. The smallest absolute Gasteiger partial charge is 0.123 e. The van der Waals surface area contributed by atoms with Gasteiger partial charge in [0, 0.05) is 10.0 Å². The molecule has 106 valence electrons. The average molecular weight is 334 g/mol. The zero-order valence-electron chi connectivity index (χ0n) is 12.3. The zero-order valence-corrected chi connectivity index (χ0v) is 13.9. The lowest BCUT2D eigenvalue weighted by atomic mass is 9.93. The van der Waals surface area contributed by atoms with Crippen LogP contribution in [0.4, 0.5) is 0 Å². The van der Waals surface area contributed by atoms with Crippen LogP contribution in [0.2, 0.25) is 0 Å². The van der Waals surface area contributed by atoms with E-state index in [0.29, 0.717) is 0 Å². The minimum absolute atomic E-state index is 0.184. The summed E-state index contributed by atoms with van der Waals surface area (Å²) in [6, 6.07) is 10.2. The van der Waals surface area contributed by atoms with Crippen LogP contribution in [0.5, 0.6) is 5.75 Å². The van der Waals surface area contributed by atoms with Gasteiger partial charge < -0.3 is 10.5 Å². The van der Waals surface area contributed by atoms with Gasteiger partial charge in [-0.1, -0.05) is 39.7 Å². The Morgan fingerprint density at radius 2 is 1.70 bits per heavy atom. The van der Waals surface area contributed by atoms with E-state index in [2.05, 4.69) is 54.9 Å². The summed E-state index contributed by atoms with van der Waals surface area (Å²) in [5.41, 5.74) is 12.2. The molecular weight excluding hydrogens is 314 g/mol. The summed E-state index contributed by atoms with van der Waals surface area (Å²) in [6.45, 7) is 6.23. The number of ether oxygens (including phenoxy) is 1. The Kier molecular flexibility index (Phi) is 4.51. The molecule has 0 amide bonds. The molecule has 0 aliphatic heterocycles. The summed E-state index contributed by atoms with van der Waals surface area (Å²) in [4.78, 5) is 0. The topological polar surface area (TPSA) is 35.2 Å². The molecule has 0 heterocycles. The highest BCUT2D eigenvalue weighted by atomic mass is 79.9. The van der Waals surface area contributed by atoms with Crippen LogP contribution in [-0.2, 0) is 0 Å². The molecule has 0 aliphatic carbocycles. The molecule has 0 radical (unpaired) electrons. The first-order chi connectivity index (χ1) is 9.43. The quantitative estimate of drug-likeness (QED) is 0.901. The summed E-state index contributed by atoms with van der Waals surface area (Å²) in [5.74, 6) is 0.836. The van der Waals surface area contributed by atoms with Crippen LogP contribution >= 0.6 is 15.9 Å². The number of methoxy groups -OCH3 is 1. The molecule has 2 nitrogen and oxygen atoms in total. The first kappa shape index (κ1) is 15.1. The lowest BCUT2D eigenvalue weighted by Gasteiger charge is -2.19. The van der Waals surface area contributed by atoms with E-state index in [1.54, 1.807) is 7.11 Å². The predicted molar refractivity (Wildman–Crippen MR) is 87.4 cm³/mol. The normalized spacial score (nSPS) is 12.3. The van der Waals surface area contributed by atoms with E-state index < -0.39 is 0 Å². The first-order valence-corrected chi connectivity index (χ1v) is 7.40. The van der Waals surface area contributed by atoms with E-state index in [1.165, 1.54) is 16.7 Å². The molecule has 2 aromatic rings. The minimum atomic E-state index is -0.184. The number of hydrogen-bond acceptors (Lipinski definition) is 2. The van der Waals surface area contributed by atoms with Gasteiger partial charge in [-0.3, -0.25) is 0 Å². The van der Waals surface area contributed by atoms with Crippen molar-refractivity contribution in [1.82, 2.24) is 0 Å². The third kappa shape index (κ3) is 2.89. The fourth-order valence-electron chi connectivity index (χ4n) is 2.40. The van der Waals surface area contributed by atoms with Crippen molar-refractivity contribution in [1.29, 1.82) is 0 Å². The second-order valence-corrected chi connectivity index (χ2v) is 6.04. The summed E-state index contributed by atoms with van der Waals surface area (Å²) in [5, 5.41) is 0. The lowest BCUT2D eigenvalue weighted by molar-refractivity contribution is 0.407. The molecule has 20 heavy (non-hydrogen) atoms. The standard InChI is InChI=1S/C17H20BrNO/c1-10-5-6-16(20-4)14(7-10)17(19)13-8-12(3)15(18)9-11(13)2/h5-9,17H,19H2,1-4H3. The van der Waals surface area contributed by atoms with E-state index in [0.717, 1.165) is 21.3 Å². The molecule has 2 rings (SSSR count). The second kappa shape index (κ2) is 5.98. The van der Waals surface area contributed by atoms with Crippen molar-refractivity contribution in [3.63, 3.8) is 0 Å². The Morgan fingerprint density at radius 1 is 1.00 bits per heavy atom. The van der Waals surface area contributed by atoms with Gasteiger partial charge in [-0.05, 0) is 49.6 Å². The van der Waals surface area contributed by atoms with Crippen molar-refractivity contribution in [3.05, 3.63) is 62.6 Å². The van der Waals surface area contributed by atoms with E-state index >= 15 is 0 Å². The Hall–Kier alpha value is -1.32. The predicted octanol–water partition coefficient (Wildman–Crippen LogP) is 4.43. The highest BCUT2D eigenvalue weighted by Gasteiger charge is 2.17. The Balaban J connectivity index is 2.54. The van der Waals surface area contributed by atoms with E-state index in [4.69, 9.17) is 10.5 Å². The van der Waals surface area contributed by atoms with Crippen molar-refractivity contribution in [2.24, 2.45) is 5.73 Å². The number of halogens is 1. The first-order valence-electron chi connectivity index (χ1n) is 6.60. The van der Waals surface area contributed by atoms with Crippen molar-refractivity contribution in [2.75, 3.05) is 7.11 Å². The Morgan fingerprint density at radius 3 is 2.35 bits per heavy atom. The SMILES string of the molecule is COc1ccc(C)cc1C(N)c1cc(C)c(Br)cc1C. The monoisotopic (exact) mass is 333 g/mol. The van der Waals surface area contributed by atoms with Gasteiger partial charge in [0.25, 0.3) is 0 Å². The third-order valence-corrected chi connectivity index (χ3v) is 4.46. The maximum absolute atomic E-state index is 6.49. The number of rotatable bonds is 3. The maximum atomic E-state index is 6.49. The van der Waals surface area contributed by atoms with Crippen LogP contribution < -0.4 is 10.5 Å². The number of hydrogen-bond donors (Lipinski definition) is 1. The molecule has 1 unspecified atom stereocenters. The minimum Gasteiger partial charge on any atom is -0.496 e. The molecule has 1 atom stereocenters. The highest BCUT2D eigenvalue weighted by molar-refractivity contribution is 9.10. The number of aryl methyl sites for hydroxylation is 3. The number of nitrogens with two attached hydrogens (primary N) is 1. The highest BCUT2D eigenvalue weighted by Crippen LogP contribution is 2.32. The van der Waals surface area contributed by atoms with Gasteiger partial charge in [0.2, 0.25) is 0 Å². The molecule has 0 aromatic heterocycles. The Labute approximate surface area is 129 Å². The van der Waals surface area contributed by atoms with Gasteiger partial charge in [0.1, 0.15) is 5.75 Å². The van der Waals surface area contributed by atoms with Crippen molar-refractivity contribution >= 4 is 15.9 Å². The van der Waals surface area contributed by atoms with Crippen molar-refractivity contribution in [3.8, 4) is 5.75 Å². The van der Waals surface area contributed by atoms with Crippen molar-refractivity contribution < 1.29 is 4.74 Å². The lowest BCUT2D eigenvalue weighted by Crippen LogP contribution is -2.15. The summed E-state index contributed by atoms with van der Waals surface area (Å²) in [6.07, 6.45) is 0. The molecule has 0 saturated carbocycles. The molecule has 0 saturated heterocycles. The zero-order chi connectivity index (χ0) is 14.9. The molecule has 0 spiro atoms. The molecule has 3 heteroatoms. The van der Waals surface area contributed by atoms with Crippen LogP contribution in [0.1, 0.15) is 33.9 Å². The summed E-state index contributed by atoms with van der Waals surface area (Å²) >= 11 is 3.56. The largest absolute Gasteiger partial charge is 0.496 e. The van der Waals surface area contributed by atoms with Gasteiger partial charge in [-0.15, -0.1) is 0 Å². The van der Waals surface area contributed by atoms with Gasteiger partial charge in [-0.25, -0.2) is 0 Å². The molecule has 2 N–H and O–H groups in total. The second-order valence-electron chi connectivity index (χ2n) is 5.18. The van der Waals surface area contributed by atoms with Crippen molar-refractivity contribution in [2.45, 2.75) is 26.8 Å². The molecule has 0 fully saturated rings. The van der Waals surface area contributed by atoms with E-state index in [9.17, 15) is 0 Å². The van der Waals surface area contributed by atoms with Crippen LogP contribution in [0.15, 0.2) is 34.8 Å². The fourth-order valence-corrected chi connectivity index (χ4v) is 2.86. The third-order valence-electron chi connectivity index (χ3n) is 3.60. The number of benzene rings is 2. The summed E-state index contributed by atoms with van der Waals surface area (Å²) in [7, 11) is 1.68. The van der Waals surface area contributed by atoms with Gasteiger partial charge in [0.15, 0.2) is 0 Å². The van der Waals surface area contributed by atoms with Gasteiger partial charge in [0.05, 0.1) is 13.2 Å². The van der Waals surface area contributed by atoms with Gasteiger partial charge >= 0.3 is 0 Å². The average Bonchev–Trinajstić information content (AvgIpc) is 2.42. The molecule has 0 aliphatic rings. The fraction of sp³-hybridized carbons (Fsp3) is 0.294. The molecular formula is C17H20BrNO. The Bertz CT molecular complexity index is 637. The van der Waals surface area contributed by atoms with Gasteiger partial charge in [-0.2, -0.15) is 0 Å². The molecule has 2 aromatic carbocycles. The summed E-state index contributed by atoms with van der Waals surface area (Å²) < 4.78 is 6.56. The molecule has 0 bridgehead atoms. The van der Waals surface area contributed by atoms with Crippen LogP contribution in [0.3, 0.4) is 0 Å². The van der Waals surface area contributed by atoms with E-state index in [-0.39, 0.29) is 6.04 Å².